The molecule has 0 atom stereocenters. The normalized spacial score (nSPS) is 14.7. The van der Waals surface area contributed by atoms with E-state index in [1.165, 1.54) is 18.2 Å². The van der Waals surface area contributed by atoms with Crippen LogP contribution < -0.4 is 4.74 Å². The Morgan fingerprint density at radius 3 is 2.46 bits per heavy atom. The van der Waals surface area contributed by atoms with Crippen molar-refractivity contribution < 1.29 is 9.53 Å². The summed E-state index contributed by atoms with van der Waals surface area (Å²) in [5.41, 5.74) is 0.987. The zero-order valence-corrected chi connectivity index (χ0v) is 16.5. The van der Waals surface area contributed by atoms with Crippen LogP contribution in [0.4, 0.5) is 0 Å². The van der Waals surface area contributed by atoms with Gasteiger partial charge in [-0.25, -0.2) is 0 Å². The average Bonchev–Trinajstić information content (AvgIpc) is 3.11. The van der Waals surface area contributed by atoms with Gasteiger partial charge in [0.1, 0.15) is 5.75 Å². The molecule has 1 saturated heterocycles. The molecule has 1 aliphatic heterocycles. The van der Waals surface area contributed by atoms with Gasteiger partial charge in [0.15, 0.2) is 11.0 Å². The first-order valence-electron chi connectivity index (χ1n) is 9.10. The van der Waals surface area contributed by atoms with Gasteiger partial charge in [0.25, 0.3) is 0 Å². The van der Waals surface area contributed by atoms with E-state index >= 15 is 0 Å². The SMILES string of the molecule is COc1ccc(-c2nnc(SCC(=O)N3CCCCC3)n2C(C)C)cc1. The summed E-state index contributed by atoms with van der Waals surface area (Å²) in [6, 6.07) is 8.00. The minimum Gasteiger partial charge on any atom is -0.497 e. The molecule has 1 amide bonds. The number of hydrogen-bond acceptors (Lipinski definition) is 5. The Morgan fingerprint density at radius 1 is 1.15 bits per heavy atom. The predicted octanol–water partition coefficient (Wildman–Crippen LogP) is 3.64. The Morgan fingerprint density at radius 2 is 1.85 bits per heavy atom. The molecule has 0 bridgehead atoms. The standard InChI is InChI=1S/C19H26N4O2S/c1-14(2)23-18(15-7-9-16(25-3)10-8-15)20-21-19(23)26-13-17(24)22-11-5-4-6-12-22/h7-10,14H,4-6,11-13H2,1-3H3. The van der Waals surface area contributed by atoms with Crippen LogP contribution >= 0.6 is 11.8 Å². The fourth-order valence-corrected chi connectivity index (χ4v) is 4.11. The molecule has 0 aliphatic carbocycles. The van der Waals surface area contributed by atoms with Crippen LogP contribution in [0.3, 0.4) is 0 Å². The molecule has 0 spiro atoms. The molecule has 0 saturated carbocycles. The fourth-order valence-electron chi connectivity index (χ4n) is 3.14. The smallest absolute Gasteiger partial charge is 0.233 e. The lowest BCUT2D eigenvalue weighted by molar-refractivity contribution is -0.129. The zero-order chi connectivity index (χ0) is 18.5. The lowest BCUT2D eigenvalue weighted by atomic mass is 10.1. The van der Waals surface area contributed by atoms with Crippen LogP contribution in [-0.4, -0.2) is 51.5 Å². The summed E-state index contributed by atoms with van der Waals surface area (Å²) in [7, 11) is 1.65. The van der Waals surface area contributed by atoms with E-state index in [0.29, 0.717) is 5.75 Å². The largest absolute Gasteiger partial charge is 0.497 e. The van der Waals surface area contributed by atoms with Gasteiger partial charge in [0, 0.05) is 24.7 Å². The highest BCUT2D eigenvalue weighted by Gasteiger charge is 2.20. The van der Waals surface area contributed by atoms with Crippen molar-refractivity contribution in [1.82, 2.24) is 19.7 Å². The van der Waals surface area contributed by atoms with Crippen LogP contribution in [0.25, 0.3) is 11.4 Å². The van der Waals surface area contributed by atoms with Crippen molar-refractivity contribution in [1.29, 1.82) is 0 Å². The number of carbonyl (C=O) groups is 1. The number of ether oxygens (including phenoxy) is 1. The molecule has 1 aliphatic rings. The molecule has 0 N–H and O–H groups in total. The molecule has 0 radical (unpaired) electrons. The molecule has 2 aromatic rings. The molecule has 0 unspecified atom stereocenters. The highest BCUT2D eigenvalue weighted by Crippen LogP contribution is 2.29. The maximum atomic E-state index is 12.4. The summed E-state index contributed by atoms with van der Waals surface area (Å²) in [6.07, 6.45) is 3.45. The predicted molar refractivity (Wildman–Crippen MR) is 104 cm³/mol. The van der Waals surface area contributed by atoms with Crippen LogP contribution in [0, 0.1) is 0 Å². The van der Waals surface area contributed by atoms with E-state index in [0.717, 1.165) is 48.2 Å². The molecule has 3 rings (SSSR count). The number of nitrogens with zero attached hydrogens (tertiary/aromatic N) is 4. The van der Waals surface area contributed by atoms with Crippen molar-refractivity contribution in [3.05, 3.63) is 24.3 Å². The number of rotatable bonds is 6. The Bertz CT molecular complexity index is 736. The van der Waals surface area contributed by atoms with Gasteiger partial charge < -0.3 is 9.64 Å². The van der Waals surface area contributed by atoms with Crippen LogP contribution in [0.2, 0.25) is 0 Å². The van der Waals surface area contributed by atoms with E-state index in [9.17, 15) is 4.79 Å². The second kappa shape index (κ2) is 8.58. The van der Waals surface area contributed by atoms with Crippen molar-refractivity contribution in [3.63, 3.8) is 0 Å². The number of thioether (sulfide) groups is 1. The van der Waals surface area contributed by atoms with E-state index in [1.807, 2.05) is 29.2 Å². The van der Waals surface area contributed by atoms with Crippen LogP contribution in [0.15, 0.2) is 29.4 Å². The highest BCUT2D eigenvalue weighted by molar-refractivity contribution is 7.99. The third-order valence-electron chi connectivity index (χ3n) is 4.56. The second-order valence-corrected chi connectivity index (χ2v) is 7.67. The van der Waals surface area contributed by atoms with Gasteiger partial charge in [-0.1, -0.05) is 11.8 Å². The monoisotopic (exact) mass is 374 g/mol. The summed E-state index contributed by atoms with van der Waals surface area (Å²) in [6.45, 7) is 5.97. The Balaban J connectivity index is 1.75. The summed E-state index contributed by atoms with van der Waals surface area (Å²) < 4.78 is 7.31. The summed E-state index contributed by atoms with van der Waals surface area (Å²) in [5, 5.41) is 9.52. The zero-order valence-electron chi connectivity index (χ0n) is 15.6. The molecular weight excluding hydrogens is 348 g/mol. The lowest BCUT2D eigenvalue weighted by Gasteiger charge is -2.26. The van der Waals surface area contributed by atoms with Crippen molar-refractivity contribution in [2.24, 2.45) is 0 Å². The van der Waals surface area contributed by atoms with Gasteiger partial charge in [-0.3, -0.25) is 9.36 Å². The first kappa shape index (κ1) is 18.8. The molecule has 26 heavy (non-hydrogen) atoms. The number of benzene rings is 1. The van der Waals surface area contributed by atoms with Gasteiger partial charge >= 0.3 is 0 Å². The minimum absolute atomic E-state index is 0.194. The molecule has 1 aromatic heterocycles. The van der Waals surface area contributed by atoms with Crippen molar-refractivity contribution >= 4 is 17.7 Å². The Kier molecular flexibility index (Phi) is 6.19. The van der Waals surface area contributed by atoms with E-state index in [-0.39, 0.29) is 11.9 Å². The van der Waals surface area contributed by atoms with Crippen LogP contribution in [-0.2, 0) is 4.79 Å². The van der Waals surface area contributed by atoms with Gasteiger partial charge in [-0.05, 0) is 57.4 Å². The topological polar surface area (TPSA) is 60.3 Å². The molecule has 1 fully saturated rings. The third kappa shape index (κ3) is 4.20. The molecule has 1 aromatic carbocycles. The average molecular weight is 375 g/mol. The first-order chi connectivity index (χ1) is 12.6. The van der Waals surface area contributed by atoms with Gasteiger partial charge in [-0.2, -0.15) is 0 Å². The summed E-state index contributed by atoms with van der Waals surface area (Å²) >= 11 is 1.47. The van der Waals surface area contributed by atoms with E-state index in [4.69, 9.17) is 4.74 Å². The number of piperidine rings is 1. The van der Waals surface area contributed by atoms with E-state index in [2.05, 4.69) is 28.6 Å². The maximum Gasteiger partial charge on any atom is 0.233 e. The minimum atomic E-state index is 0.194. The van der Waals surface area contributed by atoms with Crippen molar-refractivity contribution in [2.75, 3.05) is 26.0 Å². The Labute approximate surface area is 158 Å². The molecule has 7 heteroatoms. The quantitative estimate of drug-likeness (QED) is 0.723. The molecule has 140 valence electrons. The van der Waals surface area contributed by atoms with E-state index < -0.39 is 0 Å². The summed E-state index contributed by atoms with van der Waals surface area (Å²) in [4.78, 5) is 14.4. The Hall–Kier alpha value is -2.02. The van der Waals surface area contributed by atoms with Crippen LogP contribution in [0.5, 0.6) is 5.75 Å². The van der Waals surface area contributed by atoms with E-state index in [1.54, 1.807) is 7.11 Å². The number of carbonyl (C=O) groups excluding carboxylic acids is 1. The highest BCUT2D eigenvalue weighted by atomic mass is 32.2. The number of aromatic nitrogens is 3. The van der Waals surface area contributed by atoms with Crippen molar-refractivity contribution in [3.8, 4) is 17.1 Å². The lowest BCUT2D eigenvalue weighted by Crippen LogP contribution is -2.36. The molecular formula is C19H26N4O2S. The second-order valence-electron chi connectivity index (χ2n) is 6.73. The van der Waals surface area contributed by atoms with Gasteiger partial charge in [-0.15, -0.1) is 10.2 Å². The first-order valence-corrected chi connectivity index (χ1v) is 10.1. The number of methoxy groups -OCH3 is 1. The van der Waals surface area contributed by atoms with Gasteiger partial charge in [0.05, 0.1) is 12.9 Å². The van der Waals surface area contributed by atoms with Gasteiger partial charge in [0.2, 0.25) is 5.91 Å². The third-order valence-corrected chi connectivity index (χ3v) is 5.49. The fraction of sp³-hybridized carbons (Fsp3) is 0.526. The van der Waals surface area contributed by atoms with Crippen molar-refractivity contribution in [2.45, 2.75) is 44.3 Å². The number of hydrogen-bond donors (Lipinski definition) is 0. The van der Waals surface area contributed by atoms with Crippen LogP contribution in [0.1, 0.15) is 39.2 Å². The maximum absolute atomic E-state index is 12.4. The molecule has 6 nitrogen and oxygen atoms in total. The number of likely N-dealkylation sites (tertiary alicyclic amines) is 1. The molecule has 2 heterocycles. The summed E-state index contributed by atoms with van der Waals surface area (Å²) in [5.74, 6) is 2.23. The number of amides is 1.